The summed E-state index contributed by atoms with van der Waals surface area (Å²) in [4.78, 5) is 26.6. The quantitative estimate of drug-likeness (QED) is 0.778. The van der Waals surface area contributed by atoms with Crippen molar-refractivity contribution in [1.29, 1.82) is 0 Å². The molecule has 2 N–H and O–H groups in total. The molecule has 110 valence electrons. The van der Waals surface area contributed by atoms with E-state index in [2.05, 4.69) is 25.9 Å². The first-order valence-electron chi connectivity index (χ1n) is 6.47. The lowest BCUT2D eigenvalue weighted by Crippen LogP contribution is -2.29. The van der Waals surface area contributed by atoms with Gasteiger partial charge in [0, 0.05) is 25.9 Å². The highest BCUT2D eigenvalue weighted by atomic mass is 16.2. The summed E-state index contributed by atoms with van der Waals surface area (Å²) in [5, 5.41) is 12.8. The third-order valence-electron chi connectivity index (χ3n) is 2.61. The summed E-state index contributed by atoms with van der Waals surface area (Å²) in [5.41, 5.74) is 1.06. The normalized spacial score (nSPS) is 10.1. The van der Waals surface area contributed by atoms with Crippen molar-refractivity contribution in [2.24, 2.45) is 0 Å². The van der Waals surface area contributed by atoms with Gasteiger partial charge < -0.3 is 10.6 Å². The summed E-state index contributed by atoms with van der Waals surface area (Å²) in [6.07, 6.45) is 5.69. The van der Waals surface area contributed by atoms with Crippen LogP contribution in [0.25, 0.3) is 0 Å². The van der Waals surface area contributed by atoms with Gasteiger partial charge in [0.25, 0.3) is 0 Å². The molecule has 2 aromatic rings. The summed E-state index contributed by atoms with van der Waals surface area (Å²) in [6, 6.07) is 3.81. The molecule has 0 saturated heterocycles. The Kier molecular flexibility index (Phi) is 4.97. The van der Waals surface area contributed by atoms with Crippen molar-refractivity contribution in [3.05, 3.63) is 36.3 Å². The number of anilines is 1. The zero-order valence-corrected chi connectivity index (χ0v) is 11.6. The summed E-state index contributed by atoms with van der Waals surface area (Å²) < 4.78 is 1.37. The van der Waals surface area contributed by atoms with E-state index in [-0.39, 0.29) is 18.4 Å². The van der Waals surface area contributed by atoms with E-state index < -0.39 is 0 Å². The summed E-state index contributed by atoms with van der Waals surface area (Å²) >= 11 is 0. The average Bonchev–Trinajstić information content (AvgIpc) is 2.86. The Morgan fingerprint density at radius 2 is 2.24 bits per heavy atom. The van der Waals surface area contributed by atoms with E-state index >= 15 is 0 Å². The van der Waals surface area contributed by atoms with Crippen LogP contribution in [-0.4, -0.2) is 38.3 Å². The first-order valence-corrected chi connectivity index (χ1v) is 6.47. The fourth-order valence-electron chi connectivity index (χ4n) is 1.71. The zero-order valence-electron chi connectivity index (χ0n) is 11.6. The highest BCUT2D eigenvalue weighted by Crippen LogP contribution is 1.99. The molecule has 0 bridgehead atoms. The maximum Gasteiger partial charge on any atom is 0.241 e. The molecule has 0 radical (unpaired) electrons. The molecule has 8 nitrogen and oxygen atoms in total. The maximum absolute atomic E-state index is 11.7. The van der Waals surface area contributed by atoms with Gasteiger partial charge in [-0.05, 0) is 18.1 Å². The van der Waals surface area contributed by atoms with Crippen molar-refractivity contribution < 1.29 is 9.59 Å². The van der Waals surface area contributed by atoms with Crippen LogP contribution in [0.3, 0.4) is 0 Å². The third-order valence-corrected chi connectivity index (χ3v) is 2.61. The Morgan fingerprint density at radius 1 is 1.38 bits per heavy atom. The van der Waals surface area contributed by atoms with Gasteiger partial charge in [-0.25, -0.2) is 4.68 Å². The van der Waals surface area contributed by atoms with E-state index in [1.54, 1.807) is 12.4 Å². The van der Waals surface area contributed by atoms with E-state index in [9.17, 15) is 9.59 Å². The zero-order chi connectivity index (χ0) is 15.1. The van der Waals surface area contributed by atoms with Crippen LogP contribution in [0.4, 0.5) is 5.82 Å². The number of pyridine rings is 1. The molecule has 8 heteroatoms. The molecule has 0 atom stereocenters. The van der Waals surface area contributed by atoms with E-state index in [0.717, 1.165) is 5.56 Å². The van der Waals surface area contributed by atoms with Crippen molar-refractivity contribution in [2.45, 2.75) is 19.9 Å². The molecule has 0 spiro atoms. The van der Waals surface area contributed by atoms with Gasteiger partial charge in [0.1, 0.15) is 6.54 Å². The lowest BCUT2D eigenvalue weighted by Gasteiger charge is -2.04. The first-order chi connectivity index (χ1) is 10.1. The van der Waals surface area contributed by atoms with Gasteiger partial charge in [0.05, 0.1) is 6.20 Å². The number of rotatable bonds is 6. The van der Waals surface area contributed by atoms with Crippen molar-refractivity contribution >= 4 is 17.6 Å². The molecular weight excluding hydrogens is 272 g/mol. The molecule has 0 unspecified atom stereocenters. The molecular formula is C13H16N6O2. The van der Waals surface area contributed by atoms with Gasteiger partial charge in [0.15, 0.2) is 5.82 Å². The molecule has 0 aromatic carbocycles. The molecule has 0 aliphatic carbocycles. The van der Waals surface area contributed by atoms with Crippen LogP contribution in [0.5, 0.6) is 0 Å². The minimum Gasteiger partial charge on any atom is -0.354 e. The Bertz CT molecular complexity index is 610. The number of aromatic nitrogens is 4. The Hall–Kier alpha value is -2.77. The van der Waals surface area contributed by atoms with E-state index in [0.29, 0.717) is 18.8 Å². The highest BCUT2D eigenvalue weighted by molar-refractivity contribution is 5.87. The molecule has 2 rings (SSSR count). The topological polar surface area (TPSA) is 102 Å². The largest absolute Gasteiger partial charge is 0.354 e. The second-order valence-electron chi connectivity index (χ2n) is 4.44. The standard InChI is InChI=1S/C13H16N6O2/c1-10(20)16-12-8-19(18-17-12)9-13(21)15-6-4-11-3-2-5-14-7-11/h2-3,5,7-8H,4,6,9H2,1H3,(H,15,21)(H,16,20). The van der Waals surface area contributed by atoms with Crippen molar-refractivity contribution in [1.82, 2.24) is 25.3 Å². The van der Waals surface area contributed by atoms with Crippen molar-refractivity contribution in [2.75, 3.05) is 11.9 Å². The fraction of sp³-hybridized carbons (Fsp3) is 0.308. The minimum absolute atomic E-state index is 0.0552. The molecule has 0 aliphatic rings. The molecule has 2 heterocycles. The fourth-order valence-corrected chi connectivity index (χ4v) is 1.71. The molecule has 0 saturated carbocycles. The number of carbonyl (C=O) groups excluding carboxylic acids is 2. The predicted molar refractivity (Wildman–Crippen MR) is 75.3 cm³/mol. The van der Waals surface area contributed by atoms with Crippen LogP contribution in [0.2, 0.25) is 0 Å². The number of nitrogens with zero attached hydrogens (tertiary/aromatic N) is 4. The van der Waals surface area contributed by atoms with Crippen LogP contribution in [0.1, 0.15) is 12.5 Å². The van der Waals surface area contributed by atoms with Crippen LogP contribution < -0.4 is 10.6 Å². The second kappa shape index (κ2) is 7.13. The van der Waals surface area contributed by atoms with Crippen molar-refractivity contribution in [3.63, 3.8) is 0 Å². The van der Waals surface area contributed by atoms with E-state index in [1.807, 2.05) is 12.1 Å². The van der Waals surface area contributed by atoms with Gasteiger partial charge in [-0.3, -0.25) is 14.6 Å². The Morgan fingerprint density at radius 3 is 2.95 bits per heavy atom. The van der Waals surface area contributed by atoms with Crippen molar-refractivity contribution in [3.8, 4) is 0 Å². The average molecular weight is 288 g/mol. The Balaban J connectivity index is 1.74. The summed E-state index contributed by atoms with van der Waals surface area (Å²) in [6.45, 7) is 1.96. The lowest BCUT2D eigenvalue weighted by atomic mass is 10.2. The van der Waals surface area contributed by atoms with Gasteiger partial charge in [-0.15, -0.1) is 5.10 Å². The van der Waals surface area contributed by atoms with Gasteiger partial charge in [0.2, 0.25) is 11.8 Å². The SMILES string of the molecule is CC(=O)Nc1cn(CC(=O)NCCc2cccnc2)nn1. The van der Waals surface area contributed by atoms with Crippen LogP contribution in [0, 0.1) is 0 Å². The minimum atomic E-state index is -0.233. The predicted octanol–water partition coefficient (Wildman–Crippen LogP) is -0.00960. The van der Waals surface area contributed by atoms with Crippen LogP contribution in [0.15, 0.2) is 30.7 Å². The number of nitrogens with one attached hydrogen (secondary N) is 2. The van der Waals surface area contributed by atoms with Gasteiger partial charge in [-0.1, -0.05) is 11.3 Å². The highest BCUT2D eigenvalue weighted by Gasteiger charge is 2.06. The lowest BCUT2D eigenvalue weighted by molar-refractivity contribution is -0.121. The van der Waals surface area contributed by atoms with Gasteiger partial charge in [-0.2, -0.15) is 0 Å². The maximum atomic E-state index is 11.7. The van der Waals surface area contributed by atoms with E-state index in [4.69, 9.17) is 0 Å². The van der Waals surface area contributed by atoms with Gasteiger partial charge >= 0.3 is 0 Å². The number of hydrogen-bond acceptors (Lipinski definition) is 5. The van der Waals surface area contributed by atoms with Crippen LogP contribution in [-0.2, 0) is 22.6 Å². The number of hydrogen-bond donors (Lipinski definition) is 2. The molecule has 2 aromatic heterocycles. The summed E-state index contributed by atoms with van der Waals surface area (Å²) in [7, 11) is 0. The third kappa shape index (κ3) is 5.01. The van der Waals surface area contributed by atoms with Crippen LogP contribution >= 0.6 is 0 Å². The summed E-state index contributed by atoms with van der Waals surface area (Å²) in [5.74, 6) is -0.0770. The van der Waals surface area contributed by atoms with E-state index in [1.165, 1.54) is 17.8 Å². The number of amides is 2. The molecule has 0 aliphatic heterocycles. The smallest absolute Gasteiger partial charge is 0.241 e. The molecule has 0 fully saturated rings. The monoisotopic (exact) mass is 288 g/mol. The molecule has 21 heavy (non-hydrogen) atoms. The number of carbonyl (C=O) groups is 2. The first kappa shape index (κ1) is 14.6. The molecule has 2 amide bonds. The Labute approximate surface area is 121 Å². The second-order valence-corrected chi connectivity index (χ2v) is 4.44.